The number of benzene rings is 3. The van der Waals surface area contributed by atoms with Gasteiger partial charge in [0.25, 0.3) is 5.91 Å². The van der Waals surface area contributed by atoms with E-state index in [9.17, 15) is 14.7 Å². The first kappa shape index (κ1) is 25.2. The zero-order chi connectivity index (χ0) is 25.2. The Morgan fingerprint density at radius 1 is 0.886 bits per heavy atom. The number of amides is 1. The van der Waals surface area contributed by atoms with Gasteiger partial charge >= 0.3 is 0 Å². The van der Waals surface area contributed by atoms with Crippen LogP contribution >= 0.6 is 0 Å². The Hall–Kier alpha value is -4.46. The number of hydrogen-bond donors (Lipinski definition) is 2. The van der Waals surface area contributed by atoms with Gasteiger partial charge in [0, 0.05) is 5.56 Å². The zero-order valence-corrected chi connectivity index (χ0v) is 19.7. The topological polar surface area (TPSA) is 103 Å². The molecule has 8 heteroatoms. The summed E-state index contributed by atoms with van der Waals surface area (Å²) in [5, 5.41) is 12.4. The summed E-state index contributed by atoms with van der Waals surface area (Å²) in [5.41, 5.74) is 1.63. The molecule has 0 saturated heterocycles. The number of carbonyl (C=O) groups excluding carboxylic acids is 2. The van der Waals surface area contributed by atoms with Crippen LogP contribution in [0, 0.1) is 0 Å². The van der Waals surface area contributed by atoms with Gasteiger partial charge in [-0.25, -0.2) is 0 Å². The minimum Gasteiger partial charge on any atom is -0.504 e. The van der Waals surface area contributed by atoms with E-state index >= 15 is 0 Å². The van der Waals surface area contributed by atoms with Gasteiger partial charge in [-0.3, -0.25) is 9.59 Å². The maximum absolute atomic E-state index is 12.5. The van der Waals surface area contributed by atoms with Crippen LogP contribution in [0.1, 0.15) is 22.8 Å². The number of hydrogen-bond acceptors (Lipinski definition) is 7. The summed E-state index contributed by atoms with van der Waals surface area (Å²) in [6.07, 6.45) is 3.06. The summed E-state index contributed by atoms with van der Waals surface area (Å²) in [6.45, 7) is 2.00. The third kappa shape index (κ3) is 6.77. The smallest absolute Gasteiger partial charge is 0.262 e. The molecule has 0 heterocycles. The van der Waals surface area contributed by atoms with Gasteiger partial charge in [-0.15, -0.1) is 0 Å². The van der Waals surface area contributed by atoms with Gasteiger partial charge in [0.2, 0.25) is 0 Å². The molecule has 0 saturated carbocycles. The number of phenolic OH excluding ortho intramolecular Hbond substituents is 1. The second-order valence-corrected chi connectivity index (χ2v) is 7.26. The van der Waals surface area contributed by atoms with Gasteiger partial charge in [0.15, 0.2) is 35.4 Å². The van der Waals surface area contributed by atoms with Crippen molar-refractivity contribution in [1.82, 2.24) is 0 Å². The highest BCUT2D eigenvalue weighted by atomic mass is 16.5. The van der Waals surface area contributed by atoms with E-state index in [0.717, 1.165) is 0 Å². The van der Waals surface area contributed by atoms with Crippen LogP contribution in [-0.4, -0.2) is 44.2 Å². The van der Waals surface area contributed by atoms with Crippen LogP contribution in [0.5, 0.6) is 28.7 Å². The van der Waals surface area contributed by atoms with Crippen molar-refractivity contribution in [2.75, 3.05) is 32.8 Å². The number of nitrogens with one attached hydrogen (secondary N) is 1. The molecule has 0 bridgehead atoms. The number of phenols is 1. The number of allylic oxidation sites excluding steroid dienone is 1. The van der Waals surface area contributed by atoms with Crippen molar-refractivity contribution in [3.63, 3.8) is 0 Å². The summed E-state index contributed by atoms with van der Waals surface area (Å²) in [6, 6.07) is 16.6. The maximum Gasteiger partial charge on any atom is 0.262 e. The van der Waals surface area contributed by atoms with Crippen LogP contribution in [0.25, 0.3) is 6.08 Å². The molecule has 0 atom stereocenters. The van der Waals surface area contributed by atoms with Gasteiger partial charge in [0.1, 0.15) is 5.75 Å². The third-order valence-electron chi connectivity index (χ3n) is 4.90. The van der Waals surface area contributed by atoms with Crippen LogP contribution in [0.2, 0.25) is 0 Å². The number of aromatic hydroxyl groups is 1. The predicted molar refractivity (Wildman–Crippen MR) is 133 cm³/mol. The number of rotatable bonds is 11. The summed E-state index contributed by atoms with van der Waals surface area (Å²) < 4.78 is 21.6. The quantitative estimate of drug-likeness (QED) is 0.304. The lowest BCUT2D eigenvalue weighted by Gasteiger charge is -2.13. The van der Waals surface area contributed by atoms with Crippen molar-refractivity contribution in [3.8, 4) is 28.7 Å². The molecule has 3 aromatic rings. The summed E-state index contributed by atoms with van der Waals surface area (Å²) >= 11 is 0. The van der Waals surface area contributed by atoms with E-state index in [2.05, 4.69) is 5.32 Å². The fraction of sp³-hybridized carbons (Fsp3) is 0.185. The van der Waals surface area contributed by atoms with E-state index in [1.54, 1.807) is 42.5 Å². The Morgan fingerprint density at radius 2 is 1.66 bits per heavy atom. The molecule has 35 heavy (non-hydrogen) atoms. The van der Waals surface area contributed by atoms with Gasteiger partial charge in [0.05, 0.1) is 26.5 Å². The molecule has 8 nitrogen and oxygen atoms in total. The molecule has 0 unspecified atom stereocenters. The molecular formula is C27H27NO7. The molecule has 1 amide bonds. The molecule has 3 aromatic carbocycles. The van der Waals surface area contributed by atoms with E-state index in [-0.39, 0.29) is 29.8 Å². The van der Waals surface area contributed by atoms with Gasteiger partial charge in [-0.2, -0.15) is 0 Å². The van der Waals surface area contributed by atoms with Crippen molar-refractivity contribution in [3.05, 3.63) is 77.9 Å². The molecule has 0 aliphatic rings. The monoisotopic (exact) mass is 477 g/mol. The van der Waals surface area contributed by atoms with E-state index in [1.165, 1.54) is 38.5 Å². The van der Waals surface area contributed by atoms with E-state index < -0.39 is 0 Å². The van der Waals surface area contributed by atoms with E-state index in [1.807, 2.05) is 13.0 Å². The number of carbonyl (C=O) groups is 2. The van der Waals surface area contributed by atoms with Crippen molar-refractivity contribution < 1.29 is 33.6 Å². The number of para-hydroxylation sites is 2. The second kappa shape index (κ2) is 12.1. The van der Waals surface area contributed by atoms with Crippen molar-refractivity contribution in [1.29, 1.82) is 0 Å². The minimum absolute atomic E-state index is 0.0402. The Labute approximate surface area is 203 Å². The highest BCUT2D eigenvalue weighted by molar-refractivity contribution is 6.07. The molecule has 0 spiro atoms. The lowest BCUT2D eigenvalue weighted by atomic mass is 10.1. The minimum atomic E-state index is -0.351. The summed E-state index contributed by atoms with van der Waals surface area (Å²) in [5.74, 6) is 0.964. The standard InChI is InChI=1S/C27H27NO7/c1-4-34-26-15-18(9-12-21(29)19-11-13-22(30)25(16-19)33-3)10-14-24(26)35-17-27(31)28-20-7-5-6-8-23(20)32-2/h5-16,30H,4,17H2,1-3H3,(H,28,31)/b12-9+. The van der Waals surface area contributed by atoms with Crippen molar-refractivity contribution >= 4 is 23.5 Å². The molecule has 182 valence electrons. The van der Waals surface area contributed by atoms with E-state index in [0.29, 0.717) is 40.7 Å². The van der Waals surface area contributed by atoms with Gasteiger partial charge < -0.3 is 29.4 Å². The maximum atomic E-state index is 12.5. The van der Waals surface area contributed by atoms with Crippen LogP contribution in [0.4, 0.5) is 5.69 Å². The Bertz CT molecular complexity index is 1220. The van der Waals surface area contributed by atoms with Crippen LogP contribution in [0.15, 0.2) is 66.7 Å². The lowest BCUT2D eigenvalue weighted by molar-refractivity contribution is -0.118. The predicted octanol–water partition coefficient (Wildman–Crippen LogP) is 4.72. The Morgan fingerprint density at radius 3 is 2.40 bits per heavy atom. The molecule has 0 aliphatic heterocycles. The lowest BCUT2D eigenvalue weighted by Crippen LogP contribution is -2.20. The molecule has 3 rings (SSSR count). The summed E-state index contributed by atoms with van der Waals surface area (Å²) in [4.78, 5) is 24.9. The van der Waals surface area contributed by atoms with Crippen LogP contribution in [-0.2, 0) is 4.79 Å². The normalized spacial score (nSPS) is 10.6. The Kier molecular flexibility index (Phi) is 8.72. The van der Waals surface area contributed by atoms with Crippen molar-refractivity contribution in [2.45, 2.75) is 6.92 Å². The first-order chi connectivity index (χ1) is 16.9. The molecule has 0 fully saturated rings. The molecular weight excluding hydrogens is 450 g/mol. The fourth-order valence-corrected chi connectivity index (χ4v) is 3.19. The summed E-state index contributed by atoms with van der Waals surface area (Å²) in [7, 11) is 2.95. The van der Waals surface area contributed by atoms with Gasteiger partial charge in [-0.05, 0) is 61.0 Å². The molecule has 0 radical (unpaired) electrons. The zero-order valence-electron chi connectivity index (χ0n) is 19.7. The molecule has 0 aliphatic carbocycles. The van der Waals surface area contributed by atoms with Crippen LogP contribution < -0.4 is 24.3 Å². The highest BCUT2D eigenvalue weighted by Gasteiger charge is 2.12. The highest BCUT2D eigenvalue weighted by Crippen LogP contribution is 2.30. The first-order valence-corrected chi connectivity index (χ1v) is 10.9. The Balaban J connectivity index is 1.68. The van der Waals surface area contributed by atoms with E-state index in [4.69, 9.17) is 18.9 Å². The first-order valence-electron chi connectivity index (χ1n) is 10.9. The van der Waals surface area contributed by atoms with Gasteiger partial charge in [-0.1, -0.05) is 24.3 Å². The third-order valence-corrected chi connectivity index (χ3v) is 4.90. The number of methoxy groups -OCH3 is 2. The van der Waals surface area contributed by atoms with Crippen molar-refractivity contribution in [2.24, 2.45) is 0 Å². The average Bonchev–Trinajstić information content (AvgIpc) is 2.87. The average molecular weight is 478 g/mol. The second-order valence-electron chi connectivity index (χ2n) is 7.26. The van der Waals surface area contributed by atoms with Crippen LogP contribution in [0.3, 0.4) is 0 Å². The molecule has 2 N–H and O–H groups in total. The number of anilines is 1. The number of ether oxygens (including phenoxy) is 4. The SMILES string of the molecule is CCOc1cc(/C=C/C(=O)c2ccc(O)c(OC)c2)ccc1OCC(=O)Nc1ccccc1OC. The fourth-order valence-electron chi connectivity index (χ4n) is 3.19. The number of ketones is 1. The molecule has 0 aromatic heterocycles. The largest absolute Gasteiger partial charge is 0.504 e.